The van der Waals surface area contributed by atoms with Crippen LogP contribution in [0.1, 0.15) is 48.9 Å². The molecule has 0 aromatic heterocycles. The van der Waals surface area contributed by atoms with Gasteiger partial charge in [0.2, 0.25) is 0 Å². The number of esters is 1. The van der Waals surface area contributed by atoms with E-state index in [-0.39, 0.29) is 18.3 Å². The molecule has 4 fully saturated rings. The zero-order valence-corrected chi connectivity index (χ0v) is 26.4. The molecular formula is C31H31F3NO7S3+. The summed E-state index contributed by atoms with van der Waals surface area (Å²) in [5.74, 6) is -0.291. The molecule has 4 aliphatic rings. The Labute approximate surface area is 263 Å². The number of alkyl halides is 3. The van der Waals surface area contributed by atoms with Crippen LogP contribution in [0.15, 0.2) is 99.6 Å². The zero-order chi connectivity index (χ0) is 32.1. The van der Waals surface area contributed by atoms with Gasteiger partial charge in [0.25, 0.3) is 0 Å². The summed E-state index contributed by atoms with van der Waals surface area (Å²) >= 11 is 0. The molecule has 240 valence electrons. The van der Waals surface area contributed by atoms with Crippen molar-refractivity contribution in [2.45, 2.75) is 64.3 Å². The number of hydrogen-bond acceptors (Lipinski definition) is 7. The van der Waals surface area contributed by atoms with E-state index in [0.717, 1.165) is 21.1 Å². The van der Waals surface area contributed by atoms with Gasteiger partial charge in [-0.05, 0) is 104 Å². The molecule has 45 heavy (non-hydrogen) atoms. The van der Waals surface area contributed by atoms with Crippen molar-refractivity contribution in [3.63, 3.8) is 0 Å². The second-order valence-electron chi connectivity index (χ2n) is 12.2. The van der Waals surface area contributed by atoms with Crippen molar-refractivity contribution in [1.29, 1.82) is 0 Å². The second-order valence-corrected chi connectivity index (χ2v) is 17.5. The van der Waals surface area contributed by atoms with Crippen LogP contribution in [-0.4, -0.2) is 40.5 Å². The predicted molar refractivity (Wildman–Crippen MR) is 160 cm³/mol. The highest BCUT2D eigenvalue weighted by atomic mass is 32.3. The molecule has 14 heteroatoms. The summed E-state index contributed by atoms with van der Waals surface area (Å²) in [5, 5.41) is 0. The summed E-state index contributed by atoms with van der Waals surface area (Å²) in [5.41, 5.74) is -7.11. The highest BCUT2D eigenvalue weighted by Crippen LogP contribution is 2.63. The first-order chi connectivity index (χ1) is 21.2. The molecule has 3 aromatic rings. The van der Waals surface area contributed by atoms with Crippen LogP contribution in [0.2, 0.25) is 0 Å². The molecule has 4 bridgehead atoms. The van der Waals surface area contributed by atoms with Crippen LogP contribution >= 0.6 is 0 Å². The van der Waals surface area contributed by atoms with Crippen LogP contribution in [0.3, 0.4) is 0 Å². The molecule has 1 N–H and O–H groups in total. The Morgan fingerprint density at radius 1 is 0.800 bits per heavy atom. The maximum absolute atomic E-state index is 13.5. The highest BCUT2D eigenvalue weighted by Gasteiger charge is 2.60. The number of sulfonamides is 1. The van der Waals surface area contributed by atoms with Gasteiger partial charge in [0.05, 0.1) is 23.1 Å². The number of nitrogens with one attached hydrogen (secondary N) is 1. The number of carbonyl (C=O) groups excluding carboxylic acids is 1. The number of carbonyl (C=O) groups is 1. The van der Waals surface area contributed by atoms with Crippen molar-refractivity contribution in [3.8, 4) is 0 Å². The van der Waals surface area contributed by atoms with E-state index in [9.17, 15) is 34.8 Å². The summed E-state index contributed by atoms with van der Waals surface area (Å²) in [4.78, 5) is 16.8. The SMILES string of the molecule is O=C(OC12CC3CC(CC(COS(=O)(=O)NS(=O)(=O)C(F)(F)F)(C3)C1)C2)c1ccc([S+](c2ccccc2)c2ccccc2)cc1. The van der Waals surface area contributed by atoms with E-state index < -0.39 is 60.3 Å². The van der Waals surface area contributed by atoms with Gasteiger partial charge in [-0.2, -0.15) is 21.6 Å². The molecule has 7 rings (SSSR count). The van der Waals surface area contributed by atoms with E-state index in [4.69, 9.17) is 8.92 Å². The van der Waals surface area contributed by atoms with E-state index in [1.165, 1.54) is 0 Å². The topological polar surface area (TPSA) is 116 Å². The molecule has 2 unspecified atom stereocenters. The quantitative estimate of drug-likeness (QED) is 0.207. The molecule has 0 heterocycles. The second kappa shape index (κ2) is 11.7. The molecule has 4 aliphatic carbocycles. The summed E-state index contributed by atoms with van der Waals surface area (Å²) in [6, 6.07) is 27.5. The molecule has 0 amide bonds. The molecule has 0 saturated heterocycles. The van der Waals surface area contributed by atoms with Gasteiger partial charge in [0, 0.05) is 0 Å². The van der Waals surface area contributed by atoms with Crippen molar-refractivity contribution < 1.29 is 43.7 Å². The summed E-state index contributed by atoms with van der Waals surface area (Å²) in [6.45, 7) is -0.516. The molecule has 4 saturated carbocycles. The maximum Gasteiger partial charge on any atom is 0.512 e. The summed E-state index contributed by atoms with van der Waals surface area (Å²) in [6.07, 6.45) is 3.40. The fraction of sp³-hybridized carbons (Fsp3) is 0.387. The molecule has 8 nitrogen and oxygen atoms in total. The van der Waals surface area contributed by atoms with Gasteiger partial charge >= 0.3 is 31.8 Å². The van der Waals surface area contributed by atoms with Crippen LogP contribution in [0.25, 0.3) is 0 Å². The molecule has 0 aliphatic heterocycles. The lowest BCUT2D eigenvalue weighted by atomic mass is 9.48. The smallest absolute Gasteiger partial charge is 0.455 e. The Hall–Kier alpha value is -2.91. The monoisotopic (exact) mass is 682 g/mol. The average Bonchev–Trinajstić information content (AvgIpc) is 2.96. The van der Waals surface area contributed by atoms with Gasteiger partial charge in [-0.25, -0.2) is 13.2 Å². The fourth-order valence-corrected chi connectivity index (χ4v) is 11.7. The molecule has 0 spiro atoms. The van der Waals surface area contributed by atoms with E-state index in [1.807, 2.05) is 48.5 Å². The van der Waals surface area contributed by atoms with Gasteiger partial charge in [-0.3, -0.25) is 4.18 Å². The van der Waals surface area contributed by atoms with Gasteiger partial charge in [0.15, 0.2) is 14.7 Å². The Morgan fingerprint density at radius 3 is 1.82 bits per heavy atom. The Bertz CT molecular complexity index is 1710. The van der Waals surface area contributed by atoms with Crippen molar-refractivity contribution in [2.75, 3.05) is 6.61 Å². The Morgan fingerprint density at radius 2 is 1.31 bits per heavy atom. The molecule has 2 atom stereocenters. The average molecular weight is 683 g/mol. The molecular weight excluding hydrogens is 652 g/mol. The normalized spacial score (nSPS) is 26.2. The van der Waals surface area contributed by atoms with Crippen molar-refractivity contribution in [3.05, 3.63) is 90.5 Å². The lowest BCUT2D eigenvalue weighted by Crippen LogP contribution is -2.59. The van der Waals surface area contributed by atoms with Crippen LogP contribution in [0.5, 0.6) is 0 Å². The minimum atomic E-state index is -6.16. The first-order valence-corrected chi connectivity index (χ1v) is 18.5. The van der Waals surface area contributed by atoms with E-state index in [0.29, 0.717) is 35.4 Å². The number of hydrogen-bond donors (Lipinski definition) is 1. The zero-order valence-electron chi connectivity index (χ0n) is 23.9. The van der Waals surface area contributed by atoms with Crippen LogP contribution in [0, 0.1) is 17.3 Å². The third-order valence-corrected chi connectivity index (χ3v) is 13.7. The predicted octanol–water partition coefficient (Wildman–Crippen LogP) is 5.98. The minimum absolute atomic E-state index is 0.110. The largest absolute Gasteiger partial charge is 0.512 e. The third-order valence-electron chi connectivity index (χ3n) is 8.76. The standard InChI is InChI=1S/C31H31F3NO7S3/c32-31(33,34)44(37,38)35-45(39,40)41-21-29-16-22-15-23(17-29)19-30(18-22,20-29)42-28(36)24-11-13-27(14-12-24)43(25-7-3-1-4-8-25)26-9-5-2-6-10-26/h1-14,22-23,35H,15-21H2/q+1. The van der Waals surface area contributed by atoms with Gasteiger partial charge in [-0.1, -0.05) is 40.5 Å². The maximum atomic E-state index is 13.5. The lowest BCUT2D eigenvalue weighted by molar-refractivity contribution is -0.174. The third kappa shape index (κ3) is 6.80. The van der Waals surface area contributed by atoms with Gasteiger partial charge in [-0.15, -0.1) is 0 Å². The molecule has 0 radical (unpaired) electrons. The highest BCUT2D eigenvalue weighted by molar-refractivity contribution is 8.03. The summed E-state index contributed by atoms with van der Waals surface area (Å²) in [7, 11) is -11.8. The number of rotatable bonds is 10. The number of benzene rings is 3. The van der Waals surface area contributed by atoms with E-state index >= 15 is 0 Å². The molecule has 3 aromatic carbocycles. The first kappa shape index (κ1) is 32.0. The van der Waals surface area contributed by atoms with Crippen LogP contribution in [-0.2, 0) is 40.1 Å². The van der Waals surface area contributed by atoms with Crippen molar-refractivity contribution >= 4 is 37.2 Å². The van der Waals surface area contributed by atoms with Gasteiger partial charge in [0.1, 0.15) is 5.60 Å². The fourth-order valence-electron chi connectivity index (χ4n) is 7.57. The van der Waals surface area contributed by atoms with Gasteiger partial charge < -0.3 is 4.74 Å². The van der Waals surface area contributed by atoms with Crippen molar-refractivity contribution in [1.82, 2.24) is 4.13 Å². The van der Waals surface area contributed by atoms with E-state index in [2.05, 4.69) is 24.3 Å². The van der Waals surface area contributed by atoms with Crippen LogP contribution in [0.4, 0.5) is 13.2 Å². The van der Waals surface area contributed by atoms with Crippen molar-refractivity contribution in [2.24, 2.45) is 17.3 Å². The summed E-state index contributed by atoms with van der Waals surface area (Å²) < 4.78 is 96.9. The first-order valence-electron chi connectivity index (χ1n) is 14.3. The lowest BCUT2D eigenvalue weighted by Gasteiger charge is -2.60. The Balaban J connectivity index is 1.17. The van der Waals surface area contributed by atoms with Crippen LogP contribution < -0.4 is 4.13 Å². The number of ether oxygens (including phenoxy) is 1. The van der Waals surface area contributed by atoms with E-state index in [1.54, 1.807) is 12.1 Å². The number of halogens is 3. The minimum Gasteiger partial charge on any atom is -0.455 e. The Kier molecular flexibility index (Phi) is 8.34.